The van der Waals surface area contributed by atoms with Crippen LogP contribution in [0.1, 0.15) is 51.9 Å². The fourth-order valence-electron chi connectivity index (χ4n) is 1.73. The zero-order chi connectivity index (χ0) is 10.4. The Morgan fingerprint density at radius 2 is 2.21 bits per heavy atom. The molecule has 0 aromatic carbocycles. The van der Waals surface area contributed by atoms with Crippen LogP contribution in [0, 0.1) is 0 Å². The van der Waals surface area contributed by atoms with E-state index in [0.29, 0.717) is 12.2 Å². The van der Waals surface area contributed by atoms with E-state index in [1.54, 1.807) is 0 Å². The first-order valence-corrected chi connectivity index (χ1v) is 5.63. The van der Waals surface area contributed by atoms with Crippen LogP contribution >= 0.6 is 0 Å². The molecule has 1 aliphatic rings. The van der Waals surface area contributed by atoms with Crippen molar-refractivity contribution in [2.45, 2.75) is 51.9 Å². The Morgan fingerprint density at radius 1 is 1.43 bits per heavy atom. The minimum Gasteiger partial charge on any atom is -0.294 e. The molecule has 0 amide bonds. The first kappa shape index (κ1) is 11.2. The summed E-state index contributed by atoms with van der Waals surface area (Å²) in [7, 11) is 0. The van der Waals surface area contributed by atoms with Crippen molar-refractivity contribution in [3.8, 4) is 0 Å². The maximum absolute atomic E-state index is 11.8. The van der Waals surface area contributed by atoms with Gasteiger partial charge in [0.1, 0.15) is 0 Å². The van der Waals surface area contributed by atoms with Crippen LogP contribution < -0.4 is 0 Å². The second-order valence-corrected chi connectivity index (χ2v) is 4.03. The van der Waals surface area contributed by atoms with Crippen LogP contribution in [0.3, 0.4) is 0 Å². The molecule has 1 rings (SSSR count). The van der Waals surface area contributed by atoms with E-state index in [9.17, 15) is 4.79 Å². The van der Waals surface area contributed by atoms with Crippen LogP contribution in [0.5, 0.6) is 0 Å². The van der Waals surface area contributed by atoms with E-state index in [2.05, 4.69) is 19.6 Å². The van der Waals surface area contributed by atoms with Crippen molar-refractivity contribution in [3.63, 3.8) is 0 Å². The second-order valence-electron chi connectivity index (χ2n) is 4.03. The number of hydrogen-bond acceptors (Lipinski definition) is 1. The lowest BCUT2D eigenvalue weighted by Crippen LogP contribution is -2.03. The molecule has 0 aliphatic heterocycles. The van der Waals surface area contributed by atoms with Crippen molar-refractivity contribution in [2.75, 3.05) is 0 Å². The highest BCUT2D eigenvalue weighted by Gasteiger charge is 2.11. The maximum atomic E-state index is 11.8. The van der Waals surface area contributed by atoms with Crippen LogP contribution in [-0.4, -0.2) is 5.78 Å². The third kappa shape index (κ3) is 3.49. The van der Waals surface area contributed by atoms with Gasteiger partial charge < -0.3 is 0 Å². The van der Waals surface area contributed by atoms with Crippen molar-refractivity contribution in [3.05, 3.63) is 23.8 Å². The summed E-state index contributed by atoms with van der Waals surface area (Å²) in [6, 6.07) is 0. The first-order valence-electron chi connectivity index (χ1n) is 5.63. The van der Waals surface area contributed by atoms with E-state index < -0.39 is 0 Å². The number of hydrogen-bond donors (Lipinski definition) is 0. The van der Waals surface area contributed by atoms with Gasteiger partial charge in [-0.05, 0) is 37.7 Å². The summed E-state index contributed by atoms with van der Waals surface area (Å²) < 4.78 is 0. The summed E-state index contributed by atoms with van der Waals surface area (Å²) >= 11 is 0. The van der Waals surface area contributed by atoms with Crippen molar-refractivity contribution in [1.82, 2.24) is 0 Å². The van der Waals surface area contributed by atoms with Crippen LogP contribution in [0.25, 0.3) is 0 Å². The molecule has 0 radical (unpaired) electrons. The zero-order valence-electron chi connectivity index (χ0n) is 9.14. The van der Waals surface area contributed by atoms with Gasteiger partial charge in [-0.25, -0.2) is 0 Å². The van der Waals surface area contributed by atoms with Gasteiger partial charge in [0.05, 0.1) is 0 Å². The van der Waals surface area contributed by atoms with Gasteiger partial charge >= 0.3 is 0 Å². The minimum atomic E-state index is 0.304. The van der Waals surface area contributed by atoms with Crippen molar-refractivity contribution < 1.29 is 4.79 Å². The van der Waals surface area contributed by atoms with Gasteiger partial charge in [0, 0.05) is 6.42 Å². The van der Waals surface area contributed by atoms with Gasteiger partial charge in [-0.15, -0.1) is 0 Å². The third-order valence-corrected chi connectivity index (χ3v) is 2.81. The molecule has 0 bridgehead atoms. The quantitative estimate of drug-likeness (QED) is 0.619. The standard InChI is InChI=1S/C13H20O/c1-3-11(2)10-13(14)12-8-6-4-5-7-9-12/h8H,2-7,9-10H2,1H3. The van der Waals surface area contributed by atoms with E-state index in [-0.39, 0.29) is 0 Å². The molecule has 0 atom stereocenters. The average Bonchev–Trinajstić information content (AvgIpc) is 2.45. The highest BCUT2D eigenvalue weighted by molar-refractivity contribution is 5.96. The van der Waals surface area contributed by atoms with Crippen molar-refractivity contribution in [1.29, 1.82) is 0 Å². The third-order valence-electron chi connectivity index (χ3n) is 2.81. The average molecular weight is 192 g/mol. The number of ketones is 1. The van der Waals surface area contributed by atoms with Crippen LogP contribution in [0.15, 0.2) is 23.8 Å². The lowest BCUT2D eigenvalue weighted by molar-refractivity contribution is -0.115. The molecular weight excluding hydrogens is 172 g/mol. The minimum absolute atomic E-state index is 0.304. The number of rotatable bonds is 4. The molecule has 1 aliphatic carbocycles. The number of carbonyl (C=O) groups excluding carboxylic acids is 1. The molecule has 0 saturated heterocycles. The maximum Gasteiger partial charge on any atom is 0.162 e. The van der Waals surface area contributed by atoms with Crippen molar-refractivity contribution >= 4 is 5.78 Å². The van der Waals surface area contributed by atoms with E-state index in [0.717, 1.165) is 30.4 Å². The van der Waals surface area contributed by atoms with E-state index in [1.807, 2.05) is 0 Å². The number of carbonyl (C=O) groups is 1. The molecule has 0 aromatic rings. The van der Waals surface area contributed by atoms with Crippen molar-refractivity contribution in [2.24, 2.45) is 0 Å². The first-order chi connectivity index (χ1) is 6.74. The van der Waals surface area contributed by atoms with Crippen LogP contribution in [0.4, 0.5) is 0 Å². The van der Waals surface area contributed by atoms with Gasteiger partial charge in [0.25, 0.3) is 0 Å². The molecule has 0 aromatic heterocycles. The highest BCUT2D eigenvalue weighted by Crippen LogP contribution is 2.20. The normalized spacial score (nSPS) is 17.1. The van der Waals surface area contributed by atoms with Crippen LogP contribution in [-0.2, 0) is 4.79 Å². The second kappa shape index (κ2) is 5.79. The Hall–Kier alpha value is -0.850. The molecule has 0 spiro atoms. The summed E-state index contributed by atoms with van der Waals surface area (Å²) in [6.45, 7) is 5.94. The van der Waals surface area contributed by atoms with E-state index in [4.69, 9.17) is 0 Å². The van der Waals surface area contributed by atoms with Gasteiger partial charge in [-0.2, -0.15) is 0 Å². The molecule has 78 valence electrons. The smallest absolute Gasteiger partial charge is 0.162 e. The number of Topliss-reactive ketones (excluding diaryl/α,β-unsaturated/α-hetero) is 1. The SMILES string of the molecule is C=C(CC)CC(=O)C1=CCCCCC1. The predicted molar refractivity (Wildman–Crippen MR) is 60.2 cm³/mol. The molecular formula is C13H20O. The molecule has 0 heterocycles. The lowest BCUT2D eigenvalue weighted by atomic mass is 9.99. The molecule has 1 heteroatoms. The summed E-state index contributed by atoms with van der Waals surface area (Å²) in [5.74, 6) is 0.304. The topological polar surface area (TPSA) is 17.1 Å². The fourth-order valence-corrected chi connectivity index (χ4v) is 1.73. The lowest BCUT2D eigenvalue weighted by Gasteiger charge is -2.05. The fraction of sp³-hybridized carbons (Fsp3) is 0.615. The Bertz CT molecular complexity index is 248. The van der Waals surface area contributed by atoms with E-state index >= 15 is 0 Å². The zero-order valence-corrected chi connectivity index (χ0v) is 9.14. The summed E-state index contributed by atoms with van der Waals surface area (Å²) in [6.07, 6.45) is 9.36. The predicted octanol–water partition coefficient (Wildman–Crippen LogP) is 3.80. The molecule has 0 unspecified atom stereocenters. The highest BCUT2D eigenvalue weighted by atomic mass is 16.1. The van der Waals surface area contributed by atoms with Gasteiger partial charge in [0.15, 0.2) is 5.78 Å². The van der Waals surface area contributed by atoms with Gasteiger partial charge in [0.2, 0.25) is 0 Å². The molecule has 1 nitrogen and oxygen atoms in total. The Balaban J connectivity index is 2.50. The molecule has 0 N–H and O–H groups in total. The summed E-state index contributed by atoms with van der Waals surface area (Å²) in [5.41, 5.74) is 2.11. The Kier molecular flexibility index (Phi) is 4.64. The molecule has 0 saturated carbocycles. The van der Waals surface area contributed by atoms with Gasteiger partial charge in [-0.3, -0.25) is 4.79 Å². The molecule has 14 heavy (non-hydrogen) atoms. The largest absolute Gasteiger partial charge is 0.294 e. The Morgan fingerprint density at radius 3 is 2.93 bits per heavy atom. The molecule has 0 fully saturated rings. The van der Waals surface area contributed by atoms with E-state index in [1.165, 1.54) is 19.3 Å². The summed E-state index contributed by atoms with van der Waals surface area (Å²) in [4.78, 5) is 11.8. The Labute approximate surface area is 86.9 Å². The van der Waals surface area contributed by atoms with Gasteiger partial charge in [-0.1, -0.05) is 31.6 Å². The summed E-state index contributed by atoms with van der Waals surface area (Å²) in [5, 5.41) is 0. The van der Waals surface area contributed by atoms with Crippen LogP contribution in [0.2, 0.25) is 0 Å². The monoisotopic (exact) mass is 192 g/mol. The number of allylic oxidation sites excluding steroid dienone is 3.